The molecule has 0 aliphatic heterocycles. The van der Waals surface area contributed by atoms with Gasteiger partial charge < -0.3 is 10.6 Å². The van der Waals surface area contributed by atoms with Gasteiger partial charge in [-0.2, -0.15) is 13.5 Å². The average molecular weight is 382 g/mol. The molecule has 132 valence electrons. The highest BCUT2D eigenvalue weighted by Crippen LogP contribution is 2.21. The van der Waals surface area contributed by atoms with Crippen LogP contribution in [0.2, 0.25) is 0 Å². The fraction of sp³-hybridized carbons (Fsp3) is 0.188. The molecule has 3 rings (SSSR count). The van der Waals surface area contributed by atoms with Gasteiger partial charge in [-0.05, 0) is 30.2 Å². The van der Waals surface area contributed by atoms with E-state index in [9.17, 15) is 13.6 Å². The molecule has 0 saturated carbocycles. The van der Waals surface area contributed by atoms with Gasteiger partial charge in [-0.3, -0.25) is 4.79 Å². The lowest BCUT2D eigenvalue weighted by Crippen LogP contribution is -2.43. The smallest absolute Gasteiger partial charge is 0.244 e. The number of anilines is 1. The lowest BCUT2D eigenvalue weighted by Gasteiger charge is -2.21. The largest absolute Gasteiger partial charge is 0.320 e. The van der Waals surface area contributed by atoms with E-state index in [1.54, 1.807) is 24.8 Å². The van der Waals surface area contributed by atoms with E-state index in [0.717, 1.165) is 10.9 Å². The van der Waals surface area contributed by atoms with Gasteiger partial charge in [-0.25, -0.2) is 18.7 Å². The van der Waals surface area contributed by atoms with Gasteiger partial charge in [0.1, 0.15) is 22.0 Å². The first kappa shape index (κ1) is 19.2. The van der Waals surface area contributed by atoms with Gasteiger partial charge in [0, 0.05) is 13.1 Å². The van der Waals surface area contributed by atoms with Crippen molar-refractivity contribution in [3.05, 3.63) is 53.2 Å². The first-order valence-corrected chi connectivity index (χ1v) is 7.99. The fourth-order valence-electron chi connectivity index (χ4n) is 2.38. The van der Waals surface area contributed by atoms with Crippen LogP contribution in [0.15, 0.2) is 36.0 Å². The van der Waals surface area contributed by atoms with Crippen molar-refractivity contribution in [3.8, 4) is 0 Å². The van der Waals surface area contributed by atoms with E-state index in [1.807, 2.05) is 0 Å². The molecule has 0 saturated heterocycles. The van der Waals surface area contributed by atoms with Gasteiger partial charge in [0.25, 0.3) is 0 Å². The molecule has 0 unspecified atom stereocenters. The van der Waals surface area contributed by atoms with Crippen LogP contribution in [-0.4, -0.2) is 29.0 Å². The molecule has 1 amide bonds. The van der Waals surface area contributed by atoms with Gasteiger partial charge in [-0.15, -0.1) is 11.3 Å². The third kappa shape index (κ3) is 4.30. The van der Waals surface area contributed by atoms with E-state index in [0.29, 0.717) is 16.8 Å². The first-order valence-electron chi connectivity index (χ1n) is 7.11. The molecule has 25 heavy (non-hydrogen) atoms. The Bertz CT molecular complexity index is 882. The third-order valence-corrected chi connectivity index (χ3v) is 4.34. The zero-order chi connectivity index (χ0) is 17.3. The number of amides is 1. The molecule has 0 fully saturated rings. The Balaban J connectivity index is 0.00000225. The summed E-state index contributed by atoms with van der Waals surface area (Å²) in [5.74, 6) is -1.77. The SMILES string of the molecule is CN(C(=O)[C@@H](N)Cc1cc(F)cc(F)c1)c1cnc2scnc2c1.S. The number of hydrogen-bond donors (Lipinski definition) is 1. The molecule has 2 N–H and O–H groups in total. The number of likely N-dealkylation sites (N-methyl/N-ethyl adjacent to an activating group) is 1. The van der Waals surface area contributed by atoms with Crippen LogP contribution in [0.25, 0.3) is 10.3 Å². The van der Waals surface area contributed by atoms with Crippen molar-refractivity contribution in [2.45, 2.75) is 12.5 Å². The summed E-state index contributed by atoms with van der Waals surface area (Å²) in [6.45, 7) is 0. The number of pyridine rings is 1. The summed E-state index contributed by atoms with van der Waals surface area (Å²) < 4.78 is 26.5. The highest BCUT2D eigenvalue weighted by atomic mass is 32.1. The van der Waals surface area contributed by atoms with E-state index >= 15 is 0 Å². The highest BCUT2D eigenvalue weighted by Gasteiger charge is 2.21. The molecular formula is C16H16F2N4OS2. The summed E-state index contributed by atoms with van der Waals surface area (Å²) in [5.41, 5.74) is 9.16. The van der Waals surface area contributed by atoms with Crippen molar-refractivity contribution in [2.24, 2.45) is 5.73 Å². The predicted molar refractivity (Wildman–Crippen MR) is 99.2 cm³/mol. The Kier molecular flexibility index (Phi) is 6.04. The number of hydrogen-bond acceptors (Lipinski definition) is 5. The Morgan fingerprint density at radius 1 is 1.24 bits per heavy atom. The van der Waals surface area contributed by atoms with E-state index in [4.69, 9.17) is 5.73 Å². The van der Waals surface area contributed by atoms with Gasteiger partial charge in [0.2, 0.25) is 5.91 Å². The van der Waals surface area contributed by atoms with E-state index in [1.165, 1.54) is 28.4 Å². The minimum atomic E-state index is -0.928. The van der Waals surface area contributed by atoms with Crippen LogP contribution in [0.4, 0.5) is 14.5 Å². The van der Waals surface area contributed by atoms with Crippen LogP contribution < -0.4 is 10.6 Å². The fourth-order valence-corrected chi connectivity index (χ4v) is 2.99. The van der Waals surface area contributed by atoms with Crippen LogP contribution in [-0.2, 0) is 11.2 Å². The van der Waals surface area contributed by atoms with Crippen LogP contribution in [0.1, 0.15) is 5.56 Å². The van der Waals surface area contributed by atoms with Gasteiger partial charge in [0.15, 0.2) is 0 Å². The van der Waals surface area contributed by atoms with Crippen molar-refractivity contribution in [3.63, 3.8) is 0 Å². The Labute approximate surface area is 153 Å². The highest BCUT2D eigenvalue weighted by molar-refractivity contribution is 7.59. The number of thiazole rings is 1. The number of nitrogens with two attached hydrogens (primary N) is 1. The molecule has 2 heterocycles. The second-order valence-electron chi connectivity index (χ2n) is 5.36. The summed E-state index contributed by atoms with van der Waals surface area (Å²) in [4.78, 5) is 23.0. The molecule has 1 atom stereocenters. The van der Waals surface area contributed by atoms with Crippen LogP contribution >= 0.6 is 24.8 Å². The van der Waals surface area contributed by atoms with Crippen molar-refractivity contribution >= 4 is 46.8 Å². The Morgan fingerprint density at radius 3 is 2.60 bits per heavy atom. The molecule has 0 aliphatic carbocycles. The van der Waals surface area contributed by atoms with Gasteiger partial charge in [-0.1, -0.05) is 0 Å². The molecule has 0 spiro atoms. The maximum atomic E-state index is 13.2. The summed E-state index contributed by atoms with van der Waals surface area (Å²) in [6, 6.07) is 3.92. The normalized spacial score (nSPS) is 11.8. The Hall–Kier alpha value is -2.10. The number of aromatic nitrogens is 2. The van der Waals surface area contributed by atoms with Crippen molar-refractivity contribution in [1.29, 1.82) is 0 Å². The van der Waals surface area contributed by atoms with E-state index in [2.05, 4.69) is 9.97 Å². The van der Waals surface area contributed by atoms with Crippen LogP contribution in [0, 0.1) is 11.6 Å². The molecular weight excluding hydrogens is 366 g/mol. The van der Waals surface area contributed by atoms with Crippen LogP contribution in [0.5, 0.6) is 0 Å². The molecule has 2 aromatic heterocycles. The minimum absolute atomic E-state index is 0. The summed E-state index contributed by atoms with van der Waals surface area (Å²) >= 11 is 1.41. The number of halogens is 2. The molecule has 9 heteroatoms. The quantitative estimate of drug-likeness (QED) is 0.753. The molecule has 0 aliphatic rings. The summed E-state index contributed by atoms with van der Waals surface area (Å²) in [5, 5.41) is 0. The lowest BCUT2D eigenvalue weighted by atomic mass is 10.1. The average Bonchev–Trinajstić information content (AvgIpc) is 2.99. The number of nitrogens with zero attached hydrogens (tertiary/aromatic N) is 3. The Morgan fingerprint density at radius 2 is 1.92 bits per heavy atom. The molecule has 1 aromatic carbocycles. The maximum Gasteiger partial charge on any atom is 0.244 e. The van der Waals surface area contributed by atoms with E-state index < -0.39 is 17.7 Å². The van der Waals surface area contributed by atoms with Crippen LogP contribution in [0.3, 0.4) is 0 Å². The zero-order valence-corrected chi connectivity index (χ0v) is 15.1. The van der Waals surface area contributed by atoms with Gasteiger partial charge >= 0.3 is 0 Å². The number of benzene rings is 1. The first-order chi connectivity index (χ1) is 11.4. The van der Waals surface area contributed by atoms with Crippen molar-refractivity contribution in [1.82, 2.24) is 9.97 Å². The third-order valence-electron chi connectivity index (χ3n) is 3.59. The topological polar surface area (TPSA) is 72.1 Å². The van der Waals surface area contributed by atoms with E-state index in [-0.39, 0.29) is 25.8 Å². The minimum Gasteiger partial charge on any atom is -0.320 e. The number of carbonyl (C=O) groups excluding carboxylic acids is 1. The van der Waals surface area contributed by atoms with Crippen molar-refractivity contribution in [2.75, 3.05) is 11.9 Å². The second kappa shape index (κ2) is 7.85. The lowest BCUT2D eigenvalue weighted by molar-refractivity contribution is -0.119. The number of rotatable bonds is 4. The predicted octanol–water partition coefficient (Wildman–Crippen LogP) is 2.62. The zero-order valence-electron chi connectivity index (χ0n) is 13.2. The molecule has 5 nitrogen and oxygen atoms in total. The van der Waals surface area contributed by atoms with Gasteiger partial charge in [0.05, 0.1) is 23.4 Å². The molecule has 0 bridgehead atoms. The summed E-state index contributed by atoms with van der Waals surface area (Å²) in [6.07, 6.45) is 1.59. The number of carbonyl (C=O) groups is 1. The second-order valence-corrected chi connectivity index (χ2v) is 6.19. The molecule has 0 radical (unpaired) electrons. The molecule has 3 aromatic rings. The summed E-state index contributed by atoms with van der Waals surface area (Å²) in [7, 11) is 1.57. The standard InChI is InChI=1S/C16H14F2N4OS.H2S/c1-22(12-6-14-15(20-7-12)24-8-21-14)16(23)13(19)4-9-2-10(17)5-11(18)3-9;/h2-3,5-8,13H,4,19H2,1H3;1H2/t13-;/m0./s1. The monoisotopic (exact) mass is 382 g/mol. The number of fused-ring (bicyclic) bond motifs is 1. The van der Waals surface area contributed by atoms with Crippen molar-refractivity contribution < 1.29 is 13.6 Å². The maximum absolute atomic E-state index is 13.2.